The Morgan fingerprint density at radius 1 is 1.43 bits per heavy atom. The number of nitrogen functional groups attached to an aromatic ring is 1. The lowest BCUT2D eigenvalue weighted by Gasteiger charge is -2.11. The second kappa shape index (κ2) is 6.37. The molecule has 0 bridgehead atoms. The number of benzene rings is 1. The van der Waals surface area contributed by atoms with Crippen molar-refractivity contribution in [2.75, 3.05) is 18.9 Å². The summed E-state index contributed by atoms with van der Waals surface area (Å²) in [5.41, 5.74) is 9.15. The molecule has 3 N–H and O–H groups in total. The van der Waals surface area contributed by atoms with E-state index in [2.05, 4.69) is 15.6 Å². The van der Waals surface area contributed by atoms with Crippen molar-refractivity contribution in [3.8, 4) is 5.69 Å². The summed E-state index contributed by atoms with van der Waals surface area (Å²) >= 11 is 0. The number of para-hydroxylation sites is 1. The van der Waals surface area contributed by atoms with Gasteiger partial charge in [0.2, 0.25) is 0 Å². The van der Waals surface area contributed by atoms with Crippen LogP contribution in [0.4, 0.5) is 5.82 Å². The molecule has 0 aliphatic carbocycles. The second-order valence-electron chi connectivity index (χ2n) is 5.82. The molecule has 1 atom stereocenters. The lowest BCUT2D eigenvalue weighted by atomic mass is 10.1. The number of nitrogens with zero attached hydrogens (tertiary/aromatic N) is 3. The molecule has 23 heavy (non-hydrogen) atoms. The second-order valence-corrected chi connectivity index (χ2v) is 5.82. The lowest BCUT2D eigenvalue weighted by Crippen LogP contribution is -2.32. The molecule has 1 unspecified atom stereocenters. The quantitative estimate of drug-likeness (QED) is 0.888. The number of hydrogen-bond acceptors (Lipinski definition) is 5. The van der Waals surface area contributed by atoms with E-state index >= 15 is 0 Å². The van der Waals surface area contributed by atoms with Crippen LogP contribution in [0.2, 0.25) is 0 Å². The van der Waals surface area contributed by atoms with Gasteiger partial charge >= 0.3 is 0 Å². The molecule has 7 heteroatoms. The number of carbonyl (C=O) groups is 1. The average molecular weight is 315 g/mol. The van der Waals surface area contributed by atoms with Crippen molar-refractivity contribution in [2.24, 2.45) is 0 Å². The normalized spacial score (nSPS) is 17.4. The Hall–Kier alpha value is -2.41. The maximum absolute atomic E-state index is 12.3. The fraction of sp³-hybridized carbons (Fsp3) is 0.438. The minimum absolute atomic E-state index is 0.0776. The van der Waals surface area contributed by atoms with Crippen molar-refractivity contribution in [1.29, 1.82) is 0 Å². The maximum atomic E-state index is 12.3. The predicted octanol–water partition coefficient (Wildman–Crippen LogP) is 1.38. The molecular formula is C16H21N5O2. The molecule has 1 amide bonds. The SMILES string of the molecule is Cc1cccc(C)c1-n1nnc(C(=O)NCC2CCCO2)c1N. The molecule has 0 spiro atoms. The highest BCUT2D eigenvalue weighted by Gasteiger charge is 2.22. The Balaban J connectivity index is 1.80. The van der Waals surface area contributed by atoms with Gasteiger partial charge < -0.3 is 15.8 Å². The van der Waals surface area contributed by atoms with E-state index in [1.54, 1.807) is 0 Å². The molecule has 122 valence electrons. The molecule has 1 aromatic carbocycles. The van der Waals surface area contributed by atoms with Gasteiger partial charge in [-0.05, 0) is 37.8 Å². The third kappa shape index (κ3) is 3.05. The van der Waals surface area contributed by atoms with E-state index in [9.17, 15) is 4.79 Å². The summed E-state index contributed by atoms with van der Waals surface area (Å²) in [5.74, 6) is -0.0808. The number of aromatic nitrogens is 3. The van der Waals surface area contributed by atoms with Gasteiger partial charge in [-0.25, -0.2) is 0 Å². The van der Waals surface area contributed by atoms with Gasteiger partial charge in [0.25, 0.3) is 5.91 Å². The van der Waals surface area contributed by atoms with Crippen molar-refractivity contribution in [2.45, 2.75) is 32.8 Å². The maximum Gasteiger partial charge on any atom is 0.275 e. The van der Waals surface area contributed by atoms with Crippen molar-refractivity contribution in [3.05, 3.63) is 35.0 Å². The number of nitrogens with one attached hydrogen (secondary N) is 1. The molecule has 1 aliphatic heterocycles. The van der Waals surface area contributed by atoms with Crippen LogP contribution in [-0.4, -0.2) is 40.2 Å². The van der Waals surface area contributed by atoms with E-state index in [0.29, 0.717) is 6.54 Å². The van der Waals surface area contributed by atoms with Gasteiger partial charge in [-0.1, -0.05) is 23.4 Å². The van der Waals surface area contributed by atoms with E-state index in [4.69, 9.17) is 10.5 Å². The van der Waals surface area contributed by atoms with Crippen molar-refractivity contribution >= 4 is 11.7 Å². The first-order valence-corrected chi connectivity index (χ1v) is 7.75. The molecule has 1 aliphatic rings. The zero-order chi connectivity index (χ0) is 16.4. The number of aryl methyl sites for hydroxylation is 2. The zero-order valence-corrected chi connectivity index (χ0v) is 13.4. The summed E-state index contributed by atoms with van der Waals surface area (Å²) < 4.78 is 7.01. The summed E-state index contributed by atoms with van der Waals surface area (Å²) in [6.07, 6.45) is 2.07. The van der Waals surface area contributed by atoms with E-state index in [1.807, 2.05) is 32.0 Å². The van der Waals surface area contributed by atoms with Crippen LogP contribution in [0.5, 0.6) is 0 Å². The van der Waals surface area contributed by atoms with Gasteiger partial charge in [0.15, 0.2) is 11.5 Å². The topological polar surface area (TPSA) is 95.1 Å². The first-order valence-electron chi connectivity index (χ1n) is 7.75. The smallest absolute Gasteiger partial charge is 0.275 e. The first-order chi connectivity index (χ1) is 11.1. The third-order valence-corrected chi connectivity index (χ3v) is 4.09. The van der Waals surface area contributed by atoms with Crippen LogP contribution in [0.15, 0.2) is 18.2 Å². The molecule has 3 rings (SSSR count). The van der Waals surface area contributed by atoms with Gasteiger partial charge in [0.05, 0.1) is 11.8 Å². The summed E-state index contributed by atoms with van der Waals surface area (Å²) in [6.45, 7) is 5.17. The largest absolute Gasteiger partial charge is 0.382 e. The van der Waals surface area contributed by atoms with E-state index in [1.165, 1.54) is 4.68 Å². The van der Waals surface area contributed by atoms with E-state index in [0.717, 1.165) is 36.3 Å². The van der Waals surface area contributed by atoms with Crippen LogP contribution in [0.25, 0.3) is 5.69 Å². The molecule has 7 nitrogen and oxygen atoms in total. The number of rotatable bonds is 4. The molecule has 1 saturated heterocycles. The highest BCUT2D eigenvalue weighted by molar-refractivity contribution is 5.96. The monoisotopic (exact) mass is 315 g/mol. The Labute approximate surface area is 134 Å². The van der Waals surface area contributed by atoms with Crippen LogP contribution in [0.1, 0.15) is 34.5 Å². The predicted molar refractivity (Wildman–Crippen MR) is 86.6 cm³/mol. The van der Waals surface area contributed by atoms with Crippen LogP contribution in [0.3, 0.4) is 0 Å². The number of anilines is 1. The van der Waals surface area contributed by atoms with Gasteiger partial charge in [-0.2, -0.15) is 4.68 Å². The molecule has 2 heterocycles. The fourth-order valence-electron chi connectivity index (χ4n) is 2.85. The molecule has 0 saturated carbocycles. The summed E-state index contributed by atoms with van der Waals surface area (Å²) in [6, 6.07) is 5.91. The van der Waals surface area contributed by atoms with E-state index in [-0.39, 0.29) is 23.5 Å². The molecular weight excluding hydrogens is 294 g/mol. The van der Waals surface area contributed by atoms with E-state index < -0.39 is 0 Å². The average Bonchev–Trinajstić information content (AvgIpc) is 3.15. The van der Waals surface area contributed by atoms with Crippen LogP contribution in [0, 0.1) is 13.8 Å². The first kappa shape index (κ1) is 15.5. The van der Waals surface area contributed by atoms with Gasteiger partial charge in [0.1, 0.15) is 0 Å². The fourth-order valence-corrected chi connectivity index (χ4v) is 2.85. The van der Waals surface area contributed by atoms with Crippen molar-refractivity contribution in [1.82, 2.24) is 20.3 Å². The molecule has 0 radical (unpaired) electrons. The Bertz CT molecular complexity index is 699. The number of amides is 1. The number of nitrogens with two attached hydrogens (primary N) is 1. The number of ether oxygens (including phenoxy) is 1. The highest BCUT2D eigenvalue weighted by atomic mass is 16.5. The van der Waals surface area contributed by atoms with Gasteiger partial charge in [0, 0.05) is 13.2 Å². The Morgan fingerprint density at radius 3 is 2.83 bits per heavy atom. The standard InChI is InChI=1S/C16H21N5O2/c1-10-5-3-6-11(2)14(10)21-15(17)13(19-20-21)16(22)18-9-12-7-4-8-23-12/h3,5-6,12H,4,7-9,17H2,1-2H3,(H,18,22). The Kier molecular flexibility index (Phi) is 4.29. The molecule has 1 aromatic heterocycles. The van der Waals surface area contributed by atoms with Crippen molar-refractivity contribution < 1.29 is 9.53 Å². The minimum Gasteiger partial charge on any atom is -0.382 e. The number of hydrogen-bond donors (Lipinski definition) is 2. The van der Waals surface area contributed by atoms with Crippen LogP contribution in [-0.2, 0) is 4.74 Å². The van der Waals surface area contributed by atoms with Gasteiger partial charge in [-0.15, -0.1) is 5.10 Å². The number of carbonyl (C=O) groups excluding carboxylic acids is 1. The highest BCUT2D eigenvalue weighted by Crippen LogP contribution is 2.22. The summed E-state index contributed by atoms with van der Waals surface area (Å²) in [5, 5.41) is 10.8. The summed E-state index contributed by atoms with van der Waals surface area (Å²) in [7, 11) is 0. The van der Waals surface area contributed by atoms with Crippen molar-refractivity contribution in [3.63, 3.8) is 0 Å². The Morgan fingerprint density at radius 2 is 2.17 bits per heavy atom. The zero-order valence-electron chi connectivity index (χ0n) is 13.4. The van der Waals surface area contributed by atoms with Crippen LogP contribution < -0.4 is 11.1 Å². The van der Waals surface area contributed by atoms with Crippen LogP contribution >= 0.6 is 0 Å². The lowest BCUT2D eigenvalue weighted by molar-refractivity contribution is 0.0854. The minimum atomic E-state index is -0.324. The van der Waals surface area contributed by atoms with Gasteiger partial charge in [-0.3, -0.25) is 4.79 Å². The molecule has 2 aromatic rings. The third-order valence-electron chi connectivity index (χ3n) is 4.09. The molecule has 1 fully saturated rings. The summed E-state index contributed by atoms with van der Waals surface area (Å²) in [4.78, 5) is 12.3.